The Morgan fingerprint density at radius 3 is 2.97 bits per heavy atom. The molecule has 5 rings (SSSR count). The molecule has 2 N–H and O–H groups in total. The lowest BCUT2D eigenvalue weighted by atomic mass is 10.3. The summed E-state index contributed by atoms with van der Waals surface area (Å²) < 4.78 is 17.1. The van der Waals surface area contributed by atoms with E-state index in [-0.39, 0.29) is 12.7 Å². The Hall–Kier alpha value is -3.80. The number of aryl methyl sites for hydroxylation is 1. The standard InChI is InChI=1S/C24H24ClN7O4/c1-3-22(33)32-9-8-16(11-32)36-20-7-5-18-23(29-20)24(27-13-26-18)28-15-4-6-19(17(25)10-15)34-12-21-31-30-14(2)35-21/h3-7,10,13,16,22,33H,1,8-9,11-12H2,2H3,(H,26,27,28)/t16-,22?/m0/s1. The van der Waals surface area contributed by atoms with Gasteiger partial charge in [-0.1, -0.05) is 18.2 Å². The van der Waals surface area contributed by atoms with Crippen molar-refractivity contribution in [3.63, 3.8) is 0 Å². The molecule has 0 amide bonds. The van der Waals surface area contributed by atoms with Crippen LogP contribution in [0, 0.1) is 6.92 Å². The van der Waals surface area contributed by atoms with Crippen molar-refractivity contribution in [2.75, 3.05) is 18.4 Å². The quantitative estimate of drug-likeness (QED) is 0.320. The zero-order chi connectivity index (χ0) is 25.1. The molecule has 4 heterocycles. The van der Waals surface area contributed by atoms with E-state index in [4.69, 9.17) is 25.5 Å². The molecule has 1 aromatic carbocycles. The molecule has 2 atom stereocenters. The Balaban J connectivity index is 1.29. The first-order valence-electron chi connectivity index (χ1n) is 11.3. The fraction of sp³-hybridized carbons (Fsp3) is 0.292. The van der Waals surface area contributed by atoms with E-state index in [1.54, 1.807) is 25.1 Å². The van der Waals surface area contributed by atoms with Gasteiger partial charge in [0.25, 0.3) is 5.89 Å². The summed E-state index contributed by atoms with van der Waals surface area (Å²) >= 11 is 6.42. The van der Waals surface area contributed by atoms with Crippen molar-refractivity contribution in [2.45, 2.75) is 32.3 Å². The van der Waals surface area contributed by atoms with E-state index in [1.807, 2.05) is 17.0 Å². The average Bonchev–Trinajstić information content (AvgIpc) is 3.52. The first-order valence-corrected chi connectivity index (χ1v) is 11.7. The van der Waals surface area contributed by atoms with Crippen molar-refractivity contribution in [1.29, 1.82) is 0 Å². The molecule has 11 nitrogen and oxygen atoms in total. The van der Waals surface area contributed by atoms with Crippen LogP contribution in [0.5, 0.6) is 11.6 Å². The van der Waals surface area contributed by atoms with E-state index in [9.17, 15) is 5.11 Å². The summed E-state index contributed by atoms with van der Waals surface area (Å²) in [6.07, 6.45) is 2.97. The van der Waals surface area contributed by atoms with Gasteiger partial charge >= 0.3 is 0 Å². The van der Waals surface area contributed by atoms with Crippen molar-refractivity contribution in [3.8, 4) is 11.6 Å². The third-order valence-corrected chi connectivity index (χ3v) is 5.91. The number of hydrogen-bond acceptors (Lipinski definition) is 11. The van der Waals surface area contributed by atoms with E-state index in [0.717, 1.165) is 13.0 Å². The molecule has 1 unspecified atom stereocenters. The van der Waals surface area contributed by atoms with Crippen LogP contribution >= 0.6 is 11.6 Å². The number of likely N-dealkylation sites (tertiary alicyclic amines) is 1. The van der Waals surface area contributed by atoms with Crippen molar-refractivity contribution < 1.29 is 19.0 Å². The predicted octanol–water partition coefficient (Wildman–Crippen LogP) is 3.65. The predicted molar refractivity (Wildman–Crippen MR) is 132 cm³/mol. The average molecular weight is 510 g/mol. The highest BCUT2D eigenvalue weighted by molar-refractivity contribution is 6.32. The molecule has 4 aromatic rings. The minimum absolute atomic E-state index is 0.0898. The smallest absolute Gasteiger partial charge is 0.253 e. The molecule has 1 fully saturated rings. The number of anilines is 2. The largest absolute Gasteiger partial charge is 0.482 e. The van der Waals surface area contributed by atoms with Gasteiger partial charge in [0, 0.05) is 31.8 Å². The summed E-state index contributed by atoms with van der Waals surface area (Å²) in [4.78, 5) is 15.2. The lowest BCUT2D eigenvalue weighted by Gasteiger charge is -2.19. The molecule has 36 heavy (non-hydrogen) atoms. The van der Waals surface area contributed by atoms with Crippen LogP contribution in [-0.4, -0.2) is 60.6 Å². The molecular formula is C24H24ClN7O4. The van der Waals surface area contributed by atoms with Gasteiger partial charge in [0.2, 0.25) is 11.8 Å². The maximum atomic E-state index is 9.96. The summed E-state index contributed by atoms with van der Waals surface area (Å²) in [5.74, 6) is 2.27. The van der Waals surface area contributed by atoms with E-state index < -0.39 is 6.23 Å². The van der Waals surface area contributed by atoms with E-state index in [1.165, 1.54) is 12.4 Å². The van der Waals surface area contributed by atoms with Gasteiger partial charge < -0.3 is 24.3 Å². The van der Waals surface area contributed by atoms with Crippen LogP contribution in [0.3, 0.4) is 0 Å². The second-order valence-corrected chi connectivity index (χ2v) is 8.59. The van der Waals surface area contributed by atoms with Gasteiger partial charge in [-0.2, -0.15) is 0 Å². The van der Waals surface area contributed by atoms with Crippen molar-refractivity contribution in [1.82, 2.24) is 30.0 Å². The Morgan fingerprint density at radius 2 is 2.19 bits per heavy atom. The number of ether oxygens (including phenoxy) is 2. The number of fused-ring (bicyclic) bond motifs is 1. The number of benzene rings is 1. The van der Waals surface area contributed by atoms with Crippen molar-refractivity contribution >= 4 is 34.1 Å². The van der Waals surface area contributed by atoms with Gasteiger partial charge in [-0.25, -0.2) is 15.0 Å². The summed E-state index contributed by atoms with van der Waals surface area (Å²) in [6, 6.07) is 8.89. The maximum absolute atomic E-state index is 9.96. The third kappa shape index (κ3) is 5.38. The molecule has 0 saturated carbocycles. The number of aliphatic hydroxyl groups is 1. The van der Waals surface area contributed by atoms with Gasteiger partial charge in [-0.15, -0.1) is 10.2 Å². The second kappa shape index (κ2) is 10.4. The summed E-state index contributed by atoms with van der Waals surface area (Å²) in [6.45, 7) is 6.76. The van der Waals surface area contributed by atoms with E-state index in [0.29, 0.717) is 57.5 Å². The molecule has 1 saturated heterocycles. The summed E-state index contributed by atoms with van der Waals surface area (Å²) in [7, 11) is 0. The highest BCUT2D eigenvalue weighted by Gasteiger charge is 2.27. The fourth-order valence-electron chi connectivity index (χ4n) is 3.86. The minimum Gasteiger partial charge on any atom is -0.482 e. The number of aromatic nitrogens is 5. The number of pyridine rings is 1. The zero-order valence-corrected chi connectivity index (χ0v) is 20.2. The van der Waals surface area contributed by atoms with E-state index in [2.05, 4.69) is 37.0 Å². The number of nitrogens with one attached hydrogen (secondary N) is 1. The Labute approximate surface area is 211 Å². The molecule has 3 aromatic heterocycles. The number of aliphatic hydroxyl groups excluding tert-OH is 1. The highest BCUT2D eigenvalue weighted by atomic mass is 35.5. The number of nitrogens with zero attached hydrogens (tertiary/aromatic N) is 6. The normalized spacial score (nSPS) is 16.7. The number of rotatable bonds is 9. The first kappa shape index (κ1) is 23.9. The second-order valence-electron chi connectivity index (χ2n) is 8.19. The zero-order valence-electron chi connectivity index (χ0n) is 19.5. The molecule has 12 heteroatoms. The van der Waals surface area contributed by atoms with Crippen LogP contribution < -0.4 is 14.8 Å². The lowest BCUT2D eigenvalue weighted by Crippen LogP contribution is -2.33. The monoisotopic (exact) mass is 509 g/mol. The third-order valence-electron chi connectivity index (χ3n) is 5.62. The lowest BCUT2D eigenvalue weighted by molar-refractivity contribution is 0.0518. The van der Waals surface area contributed by atoms with Crippen LogP contribution in [0.2, 0.25) is 5.02 Å². The topological polar surface area (TPSA) is 132 Å². The molecule has 186 valence electrons. The van der Waals surface area contributed by atoms with Crippen LogP contribution in [0.4, 0.5) is 11.5 Å². The van der Waals surface area contributed by atoms with Crippen molar-refractivity contribution in [3.05, 3.63) is 66.1 Å². The van der Waals surface area contributed by atoms with Crippen LogP contribution in [0.15, 0.2) is 53.7 Å². The van der Waals surface area contributed by atoms with Crippen LogP contribution in [0.1, 0.15) is 18.2 Å². The molecule has 0 bridgehead atoms. The Bertz CT molecular complexity index is 1380. The summed E-state index contributed by atoms with van der Waals surface area (Å²) in [5.41, 5.74) is 1.91. The van der Waals surface area contributed by atoms with Gasteiger partial charge in [0.1, 0.15) is 29.9 Å². The number of hydrogen-bond donors (Lipinski definition) is 2. The molecule has 0 spiro atoms. The minimum atomic E-state index is -0.681. The molecule has 0 radical (unpaired) electrons. The highest BCUT2D eigenvalue weighted by Crippen LogP contribution is 2.31. The van der Waals surface area contributed by atoms with Gasteiger partial charge in [-0.3, -0.25) is 4.90 Å². The molecule has 1 aliphatic rings. The Morgan fingerprint density at radius 1 is 1.31 bits per heavy atom. The van der Waals surface area contributed by atoms with Gasteiger partial charge in [0.05, 0.1) is 10.5 Å². The molecule has 1 aliphatic heterocycles. The van der Waals surface area contributed by atoms with Gasteiger partial charge in [0.15, 0.2) is 12.4 Å². The van der Waals surface area contributed by atoms with Crippen molar-refractivity contribution in [2.24, 2.45) is 0 Å². The Kier molecular flexibility index (Phi) is 6.94. The maximum Gasteiger partial charge on any atom is 0.253 e. The number of halogens is 1. The first-order chi connectivity index (χ1) is 17.5. The van der Waals surface area contributed by atoms with Crippen LogP contribution in [-0.2, 0) is 6.61 Å². The molecular weight excluding hydrogens is 486 g/mol. The fourth-order valence-corrected chi connectivity index (χ4v) is 4.09. The van der Waals surface area contributed by atoms with Gasteiger partial charge in [-0.05, 0) is 36.8 Å². The van der Waals surface area contributed by atoms with Crippen LogP contribution in [0.25, 0.3) is 11.0 Å². The molecule has 0 aliphatic carbocycles. The van der Waals surface area contributed by atoms with E-state index >= 15 is 0 Å². The summed E-state index contributed by atoms with van der Waals surface area (Å²) in [5, 5.41) is 21.3. The SMILES string of the molecule is C=CC(O)N1CC[C@H](Oc2ccc3ncnc(Nc4ccc(OCc5nnc(C)o5)c(Cl)c4)c3n2)C1.